The summed E-state index contributed by atoms with van der Waals surface area (Å²) in [7, 11) is -9.90. The lowest BCUT2D eigenvalue weighted by molar-refractivity contribution is -0.161. The van der Waals surface area contributed by atoms with Gasteiger partial charge < -0.3 is 33.8 Å². The summed E-state index contributed by atoms with van der Waals surface area (Å²) in [5, 5.41) is 10.6. The first-order valence-corrected chi connectivity index (χ1v) is 40.9. The second-order valence-corrected chi connectivity index (χ2v) is 30.4. The van der Waals surface area contributed by atoms with Crippen molar-refractivity contribution in [2.24, 2.45) is 17.8 Å². The fourth-order valence-electron chi connectivity index (χ4n) is 11.0. The fourth-order valence-corrected chi connectivity index (χ4v) is 12.6. The number of carbonyl (C=O) groups excluding carboxylic acids is 4. The number of unbranched alkanes of at least 4 members (excludes halogenated alkanes) is 38. The molecule has 546 valence electrons. The highest BCUT2D eigenvalue weighted by Gasteiger charge is 2.30. The molecule has 0 saturated heterocycles. The number of rotatable bonds is 71. The van der Waals surface area contributed by atoms with Gasteiger partial charge in [-0.1, -0.05) is 318 Å². The third-order valence-corrected chi connectivity index (χ3v) is 19.1. The summed E-state index contributed by atoms with van der Waals surface area (Å²) < 4.78 is 68.2. The lowest BCUT2D eigenvalue weighted by Crippen LogP contribution is -2.30. The molecule has 0 bridgehead atoms. The van der Waals surface area contributed by atoms with E-state index in [9.17, 15) is 43.2 Å². The van der Waals surface area contributed by atoms with Crippen molar-refractivity contribution >= 4 is 39.5 Å². The molecule has 3 unspecified atom stereocenters. The maximum absolute atomic E-state index is 13.1. The molecule has 6 atom stereocenters. The third kappa shape index (κ3) is 65.4. The van der Waals surface area contributed by atoms with Gasteiger partial charge in [0, 0.05) is 25.7 Å². The second kappa shape index (κ2) is 63.8. The van der Waals surface area contributed by atoms with Crippen molar-refractivity contribution in [1.82, 2.24) is 0 Å². The summed E-state index contributed by atoms with van der Waals surface area (Å²) in [4.78, 5) is 72.4. The summed E-state index contributed by atoms with van der Waals surface area (Å²) in [6, 6.07) is 0. The van der Waals surface area contributed by atoms with Crippen LogP contribution < -0.4 is 0 Å². The molecule has 0 aliphatic carbocycles. The van der Waals surface area contributed by atoms with Gasteiger partial charge in [0.1, 0.15) is 19.3 Å². The molecule has 19 heteroatoms. The van der Waals surface area contributed by atoms with Crippen LogP contribution in [0.15, 0.2) is 0 Å². The van der Waals surface area contributed by atoms with Gasteiger partial charge in [-0.05, 0) is 43.4 Å². The monoisotopic (exact) mass is 1350 g/mol. The van der Waals surface area contributed by atoms with E-state index < -0.39 is 97.5 Å². The Labute approximate surface area is 562 Å². The van der Waals surface area contributed by atoms with Gasteiger partial charge in [0.15, 0.2) is 12.2 Å². The predicted molar refractivity (Wildman–Crippen MR) is 372 cm³/mol. The van der Waals surface area contributed by atoms with Crippen LogP contribution in [-0.4, -0.2) is 96.7 Å². The molecule has 92 heavy (non-hydrogen) atoms. The van der Waals surface area contributed by atoms with Crippen molar-refractivity contribution in [2.45, 2.75) is 388 Å². The average molecular weight is 1350 g/mol. The van der Waals surface area contributed by atoms with Gasteiger partial charge in [-0.2, -0.15) is 0 Å². The van der Waals surface area contributed by atoms with E-state index in [1.54, 1.807) is 0 Å². The number of phosphoric ester groups is 2. The number of aliphatic hydroxyl groups is 1. The molecule has 0 rings (SSSR count). The van der Waals surface area contributed by atoms with Gasteiger partial charge in [-0.15, -0.1) is 0 Å². The molecule has 0 radical (unpaired) electrons. The van der Waals surface area contributed by atoms with E-state index in [1.807, 2.05) is 0 Å². The van der Waals surface area contributed by atoms with Crippen molar-refractivity contribution in [2.75, 3.05) is 39.6 Å². The lowest BCUT2D eigenvalue weighted by atomic mass is 9.99. The number of hydrogen-bond acceptors (Lipinski definition) is 15. The Balaban J connectivity index is 5.16. The van der Waals surface area contributed by atoms with Crippen LogP contribution in [0.5, 0.6) is 0 Å². The number of ether oxygens (including phenoxy) is 4. The predicted octanol–water partition coefficient (Wildman–Crippen LogP) is 21.0. The van der Waals surface area contributed by atoms with Crippen LogP contribution in [0.4, 0.5) is 0 Å². The van der Waals surface area contributed by atoms with E-state index in [0.717, 1.165) is 114 Å². The van der Waals surface area contributed by atoms with Crippen LogP contribution in [0.2, 0.25) is 0 Å². The normalized spacial score (nSPS) is 14.4. The zero-order valence-corrected chi connectivity index (χ0v) is 61.8. The summed E-state index contributed by atoms with van der Waals surface area (Å²) >= 11 is 0. The fraction of sp³-hybridized carbons (Fsp3) is 0.945. The van der Waals surface area contributed by atoms with Crippen LogP contribution in [0.1, 0.15) is 370 Å². The number of carbonyl (C=O) groups is 4. The summed E-state index contributed by atoms with van der Waals surface area (Å²) in [5.41, 5.74) is 0. The highest BCUT2D eigenvalue weighted by molar-refractivity contribution is 7.47. The van der Waals surface area contributed by atoms with E-state index >= 15 is 0 Å². The Hall–Kier alpha value is -1.94. The van der Waals surface area contributed by atoms with Gasteiger partial charge >= 0.3 is 39.5 Å². The Morgan fingerprint density at radius 1 is 0.315 bits per heavy atom. The van der Waals surface area contributed by atoms with Gasteiger partial charge in [-0.25, -0.2) is 9.13 Å². The zero-order chi connectivity index (χ0) is 68.0. The van der Waals surface area contributed by atoms with Crippen LogP contribution in [0.25, 0.3) is 0 Å². The molecule has 0 aliphatic heterocycles. The third-order valence-electron chi connectivity index (χ3n) is 17.2. The molecular weight excluding hydrogens is 1210 g/mol. The Morgan fingerprint density at radius 3 is 0.826 bits per heavy atom. The largest absolute Gasteiger partial charge is 0.472 e. The molecule has 0 spiro atoms. The smallest absolute Gasteiger partial charge is 0.462 e. The van der Waals surface area contributed by atoms with Gasteiger partial charge in [-0.3, -0.25) is 37.3 Å². The molecule has 0 amide bonds. The molecule has 0 heterocycles. The van der Waals surface area contributed by atoms with Gasteiger partial charge in [0.2, 0.25) is 0 Å². The quantitative estimate of drug-likeness (QED) is 0.0222. The molecule has 0 aliphatic rings. The maximum atomic E-state index is 13.1. The number of phosphoric acid groups is 2. The molecule has 3 N–H and O–H groups in total. The standard InChI is InChI=1S/C73H142O17P2/c1-8-10-11-37-47-54-70(75)83-60-68(89-73(78)57-50-43-36-30-29-33-40-46-53-66(7)9-2)62-87-91(79,80)85-58-67(74)59-86-92(81,82)88-63-69(61-84-71(76)55-48-41-34-27-23-19-16-15-18-22-26-32-39-45-52-65(5)6)90-72(77)56-49-42-35-28-24-20-14-12-13-17-21-25-31-38-44-51-64(3)4/h64-69,74H,8-63H2,1-7H3,(H,79,80)(H,81,82)/t66?,67-,68+,69+/m0/s1. The maximum Gasteiger partial charge on any atom is 0.472 e. The first-order chi connectivity index (χ1) is 44.3. The minimum atomic E-state index is -4.95. The van der Waals surface area contributed by atoms with E-state index in [4.69, 9.17) is 37.0 Å². The number of esters is 4. The van der Waals surface area contributed by atoms with Crippen molar-refractivity contribution in [3.8, 4) is 0 Å². The summed E-state index contributed by atoms with van der Waals surface area (Å²) in [6.07, 6.45) is 48.9. The van der Waals surface area contributed by atoms with Crippen molar-refractivity contribution in [1.29, 1.82) is 0 Å². The van der Waals surface area contributed by atoms with Gasteiger partial charge in [0.05, 0.1) is 26.4 Å². The van der Waals surface area contributed by atoms with Crippen molar-refractivity contribution < 1.29 is 80.2 Å². The lowest BCUT2D eigenvalue weighted by Gasteiger charge is -2.21. The van der Waals surface area contributed by atoms with E-state index in [0.29, 0.717) is 25.7 Å². The highest BCUT2D eigenvalue weighted by atomic mass is 31.2. The van der Waals surface area contributed by atoms with Crippen molar-refractivity contribution in [3.63, 3.8) is 0 Å². The second-order valence-electron chi connectivity index (χ2n) is 27.5. The zero-order valence-electron chi connectivity index (χ0n) is 60.0. The van der Waals surface area contributed by atoms with E-state index in [1.165, 1.54) is 173 Å². The Kier molecular flexibility index (Phi) is 62.4. The number of aliphatic hydroxyl groups excluding tert-OH is 1. The van der Waals surface area contributed by atoms with Gasteiger partial charge in [0.25, 0.3) is 0 Å². The number of hydrogen-bond donors (Lipinski definition) is 3. The molecular formula is C73H142O17P2. The minimum Gasteiger partial charge on any atom is -0.462 e. The SMILES string of the molecule is CCCCCCCC(=O)OC[C@H](COP(=O)(O)OC[C@H](O)COP(=O)(O)OC[C@@H](COC(=O)CCCCCCCCCCCCCCCCC(C)C)OC(=O)CCCCCCCCCCCCCCCCCC(C)C)OC(=O)CCCCCCCCCCC(C)CC. The van der Waals surface area contributed by atoms with Crippen LogP contribution in [0, 0.1) is 17.8 Å². The summed E-state index contributed by atoms with van der Waals surface area (Å²) in [5.74, 6) is 0.238. The molecule has 17 nitrogen and oxygen atoms in total. The minimum absolute atomic E-state index is 0.104. The Bertz CT molecular complexity index is 1800. The molecule has 0 aromatic carbocycles. The molecule has 0 aromatic rings. The van der Waals surface area contributed by atoms with E-state index in [2.05, 4.69) is 48.5 Å². The van der Waals surface area contributed by atoms with Crippen LogP contribution >= 0.6 is 15.6 Å². The molecule has 0 fully saturated rings. The Morgan fingerprint density at radius 2 is 0.554 bits per heavy atom. The first-order valence-electron chi connectivity index (χ1n) is 37.9. The summed E-state index contributed by atoms with van der Waals surface area (Å²) in [6.45, 7) is 11.8. The topological polar surface area (TPSA) is 237 Å². The molecule has 0 saturated carbocycles. The van der Waals surface area contributed by atoms with E-state index in [-0.39, 0.29) is 25.7 Å². The van der Waals surface area contributed by atoms with Crippen molar-refractivity contribution in [3.05, 3.63) is 0 Å². The highest BCUT2D eigenvalue weighted by Crippen LogP contribution is 2.45. The first kappa shape index (κ1) is 90.1. The van der Waals surface area contributed by atoms with Crippen LogP contribution in [-0.2, 0) is 65.4 Å². The average Bonchev–Trinajstić information content (AvgIpc) is 3.02. The van der Waals surface area contributed by atoms with Crippen LogP contribution in [0.3, 0.4) is 0 Å². The molecule has 0 aromatic heterocycles.